The molecule has 1 unspecified atom stereocenters. The van der Waals surface area contributed by atoms with Crippen molar-refractivity contribution < 1.29 is 14.6 Å². The molecule has 0 radical (unpaired) electrons. The normalized spacial score (nSPS) is 14.2. The largest absolute Gasteiger partial charge is 0.493 e. The molecule has 0 spiro atoms. The van der Waals surface area contributed by atoms with Crippen molar-refractivity contribution in [3.05, 3.63) is 29.8 Å². The van der Waals surface area contributed by atoms with E-state index in [0.717, 1.165) is 5.56 Å². The second-order valence-corrected chi connectivity index (χ2v) is 3.86. The lowest BCUT2D eigenvalue weighted by Crippen LogP contribution is -2.25. The zero-order chi connectivity index (χ0) is 12.1. The van der Waals surface area contributed by atoms with Crippen molar-refractivity contribution in [2.24, 2.45) is 11.7 Å². The standard InChI is InChI=1S/C12H17NO3/c1-8(12(13)15)7-16-11-5-3-10(4-6-11)9(2)14/h3-6,8-9,14H,7H2,1-2H3,(H2,13,15)/t8?,9-/m1/s1. The molecule has 2 atom stereocenters. The van der Waals surface area contributed by atoms with Gasteiger partial charge in [-0.25, -0.2) is 0 Å². The second kappa shape index (κ2) is 5.51. The number of carbonyl (C=O) groups is 1. The highest BCUT2D eigenvalue weighted by molar-refractivity contribution is 5.76. The first-order valence-electron chi connectivity index (χ1n) is 5.21. The molecule has 1 rings (SSSR count). The fraction of sp³-hybridized carbons (Fsp3) is 0.417. The van der Waals surface area contributed by atoms with Crippen molar-refractivity contribution in [2.45, 2.75) is 20.0 Å². The smallest absolute Gasteiger partial charge is 0.223 e. The Labute approximate surface area is 95.0 Å². The van der Waals surface area contributed by atoms with Gasteiger partial charge in [-0.3, -0.25) is 4.79 Å². The number of amides is 1. The van der Waals surface area contributed by atoms with E-state index in [1.165, 1.54) is 0 Å². The first kappa shape index (κ1) is 12.5. The Bertz CT molecular complexity index is 346. The molecule has 0 fully saturated rings. The van der Waals surface area contributed by atoms with Gasteiger partial charge in [-0.1, -0.05) is 19.1 Å². The molecule has 0 saturated carbocycles. The van der Waals surface area contributed by atoms with E-state index < -0.39 is 6.10 Å². The molecule has 1 aromatic rings. The van der Waals surface area contributed by atoms with E-state index in [4.69, 9.17) is 10.5 Å². The highest BCUT2D eigenvalue weighted by Crippen LogP contribution is 2.17. The van der Waals surface area contributed by atoms with Gasteiger partial charge >= 0.3 is 0 Å². The van der Waals surface area contributed by atoms with E-state index in [1.807, 2.05) is 0 Å². The van der Waals surface area contributed by atoms with Gasteiger partial charge < -0.3 is 15.6 Å². The van der Waals surface area contributed by atoms with Crippen LogP contribution in [0.1, 0.15) is 25.5 Å². The monoisotopic (exact) mass is 223 g/mol. The molecular weight excluding hydrogens is 206 g/mol. The summed E-state index contributed by atoms with van der Waals surface area (Å²) in [6, 6.07) is 7.09. The number of ether oxygens (including phenoxy) is 1. The third kappa shape index (κ3) is 3.55. The maximum atomic E-state index is 10.8. The van der Waals surface area contributed by atoms with Crippen LogP contribution in [0.15, 0.2) is 24.3 Å². The van der Waals surface area contributed by atoms with Crippen molar-refractivity contribution >= 4 is 5.91 Å². The van der Waals surface area contributed by atoms with Crippen LogP contribution in [0.2, 0.25) is 0 Å². The molecule has 0 heterocycles. The molecule has 1 amide bonds. The number of benzene rings is 1. The number of aliphatic hydroxyl groups excluding tert-OH is 1. The summed E-state index contributed by atoms with van der Waals surface area (Å²) < 4.78 is 5.38. The van der Waals surface area contributed by atoms with Crippen LogP contribution < -0.4 is 10.5 Å². The van der Waals surface area contributed by atoms with E-state index in [2.05, 4.69) is 0 Å². The highest BCUT2D eigenvalue weighted by Gasteiger charge is 2.09. The van der Waals surface area contributed by atoms with Gasteiger partial charge in [0.15, 0.2) is 0 Å². The SMILES string of the molecule is CC(COc1ccc([C@@H](C)O)cc1)C(N)=O. The number of carbonyl (C=O) groups excluding carboxylic acids is 1. The molecule has 0 aliphatic heterocycles. The van der Waals surface area contributed by atoms with Crippen LogP contribution in [0.25, 0.3) is 0 Å². The van der Waals surface area contributed by atoms with E-state index in [0.29, 0.717) is 5.75 Å². The number of hydrogen-bond donors (Lipinski definition) is 2. The molecule has 4 heteroatoms. The van der Waals surface area contributed by atoms with Gasteiger partial charge in [0.25, 0.3) is 0 Å². The molecule has 0 aliphatic carbocycles. The minimum Gasteiger partial charge on any atom is -0.493 e. The fourth-order valence-electron chi connectivity index (χ4n) is 1.15. The summed E-state index contributed by atoms with van der Waals surface area (Å²) in [5.41, 5.74) is 5.94. The third-order valence-electron chi connectivity index (χ3n) is 2.35. The molecule has 0 aliphatic rings. The van der Waals surface area contributed by atoms with Crippen molar-refractivity contribution in [3.63, 3.8) is 0 Å². The second-order valence-electron chi connectivity index (χ2n) is 3.86. The summed E-state index contributed by atoms with van der Waals surface area (Å²) >= 11 is 0. The zero-order valence-corrected chi connectivity index (χ0v) is 9.51. The summed E-state index contributed by atoms with van der Waals surface area (Å²) in [5, 5.41) is 9.30. The zero-order valence-electron chi connectivity index (χ0n) is 9.51. The van der Waals surface area contributed by atoms with Crippen LogP contribution in [0.5, 0.6) is 5.75 Å². The van der Waals surface area contributed by atoms with Crippen LogP contribution in [0, 0.1) is 5.92 Å². The summed E-state index contributed by atoms with van der Waals surface area (Å²) in [6.07, 6.45) is -0.487. The number of primary amides is 1. The highest BCUT2D eigenvalue weighted by atomic mass is 16.5. The third-order valence-corrected chi connectivity index (χ3v) is 2.35. The molecule has 4 nitrogen and oxygen atoms in total. The maximum absolute atomic E-state index is 10.8. The van der Waals surface area contributed by atoms with Crippen LogP contribution in [0.3, 0.4) is 0 Å². The topological polar surface area (TPSA) is 72.6 Å². The lowest BCUT2D eigenvalue weighted by Gasteiger charge is -2.11. The minimum atomic E-state index is -0.487. The minimum absolute atomic E-state index is 0.267. The molecule has 3 N–H and O–H groups in total. The van der Waals surface area contributed by atoms with Crippen LogP contribution in [-0.4, -0.2) is 17.6 Å². The van der Waals surface area contributed by atoms with Crippen LogP contribution in [0.4, 0.5) is 0 Å². The average Bonchev–Trinajstić information content (AvgIpc) is 2.26. The number of hydrogen-bond acceptors (Lipinski definition) is 3. The lowest BCUT2D eigenvalue weighted by atomic mass is 10.1. The first-order chi connectivity index (χ1) is 7.50. The summed E-state index contributed by atoms with van der Waals surface area (Å²) in [7, 11) is 0. The Morgan fingerprint density at radius 1 is 1.38 bits per heavy atom. The van der Waals surface area contributed by atoms with Gasteiger partial charge in [0, 0.05) is 0 Å². The molecule has 0 bridgehead atoms. The molecule has 16 heavy (non-hydrogen) atoms. The van der Waals surface area contributed by atoms with Gasteiger partial charge in [0.05, 0.1) is 18.6 Å². The van der Waals surface area contributed by atoms with Crippen LogP contribution >= 0.6 is 0 Å². The van der Waals surface area contributed by atoms with Gasteiger partial charge in [-0.2, -0.15) is 0 Å². The van der Waals surface area contributed by atoms with Crippen molar-refractivity contribution in [1.29, 1.82) is 0 Å². The predicted octanol–water partition coefficient (Wildman–Crippen LogP) is 1.24. The average molecular weight is 223 g/mol. The molecule has 0 aromatic heterocycles. The van der Waals surface area contributed by atoms with Gasteiger partial charge in [-0.15, -0.1) is 0 Å². The van der Waals surface area contributed by atoms with Crippen molar-refractivity contribution in [1.82, 2.24) is 0 Å². The Balaban J connectivity index is 2.52. The molecule has 88 valence electrons. The van der Waals surface area contributed by atoms with Crippen molar-refractivity contribution in [3.8, 4) is 5.75 Å². The number of aliphatic hydroxyl groups is 1. The fourth-order valence-corrected chi connectivity index (χ4v) is 1.15. The van der Waals surface area contributed by atoms with Crippen LogP contribution in [-0.2, 0) is 4.79 Å². The summed E-state index contributed by atoms with van der Waals surface area (Å²) in [5.74, 6) is -0.0189. The number of rotatable bonds is 5. The predicted molar refractivity (Wildman–Crippen MR) is 60.9 cm³/mol. The Hall–Kier alpha value is -1.55. The Kier molecular flexibility index (Phi) is 4.31. The van der Waals surface area contributed by atoms with E-state index in [1.54, 1.807) is 38.1 Å². The molecule has 0 saturated heterocycles. The summed E-state index contributed by atoms with van der Waals surface area (Å²) in [4.78, 5) is 10.8. The first-order valence-corrected chi connectivity index (χ1v) is 5.21. The lowest BCUT2D eigenvalue weighted by molar-refractivity contribution is -0.122. The van der Waals surface area contributed by atoms with E-state index in [-0.39, 0.29) is 18.4 Å². The van der Waals surface area contributed by atoms with Gasteiger partial charge in [0.1, 0.15) is 5.75 Å². The van der Waals surface area contributed by atoms with E-state index in [9.17, 15) is 9.90 Å². The van der Waals surface area contributed by atoms with Gasteiger partial charge in [-0.05, 0) is 24.6 Å². The van der Waals surface area contributed by atoms with Crippen molar-refractivity contribution in [2.75, 3.05) is 6.61 Å². The summed E-state index contributed by atoms with van der Waals surface area (Å²) in [6.45, 7) is 3.68. The molecule has 1 aromatic carbocycles. The Morgan fingerprint density at radius 3 is 2.38 bits per heavy atom. The molecular formula is C12H17NO3. The number of nitrogens with two attached hydrogens (primary N) is 1. The van der Waals surface area contributed by atoms with Gasteiger partial charge in [0.2, 0.25) is 5.91 Å². The Morgan fingerprint density at radius 2 is 1.94 bits per heavy atom. The quantitative estimate of drug-likeness (QED) is 0.788. The maximum Gasteiger partial charge on any atom is 0.223 e. The van der Waals surface area contributed by atoms with E-state index >= 15 is 0 Å².